The fourth-order valence-electron chi connectivity index (χ4n) is 3.19. The molecule has 0 saturated heterocycles. The summed E-state index contributed by atoms with van der Waals surface area (Å²) in [5.74, 6) is 0.260. The number of nitrogens with two attached hydrogens (primary N) is 3. The van der Waals surface area contributed by atoms with Crippen molar-refractivity contribution < 1.29 is 34.7 Å². The van der Waals surface area contributed by atoms with Gasteiger partial charge in [-0.3, -0.25) is 0 Å². The van der Waals surface area contributed by atoms with Crippen LogP contribution in [0.4, 0.5) is 4.79 Å². The van der Waals surface area contributed by atoms with Crippen LogP contribution >= 0.6 is 0 Å². The number of aliphatic hydroxyl groups is 4. The molecule has 12 nitrogen and oxygen atoms in total. The molecule has 1 aliphatic carbocycles. The van der Waals surface area contributed by atoms with Gasteiger partial charge in [-0.15, -0.1) is 0 Å². The second kappa shape index (κ2) is 12.7. The van der Waals surface area contributed by atoms with Crippen molar-refractivity contribution in [1.82, 2.24) is 10.6 Å². The normalized spacial score (nSPS) is 31.1. The van der Waals surface area contributed by atoms with Crippen molar-refractivity contribution in [3.8, 4) is 0 Å². The summed E-state index contributed by atoms with van der Waals surface area (Å²) in [6.07, 6.45) is -8.04. The zero-order chi connectivity index (χ0) is 23.0. The van der Waals surface area contributed by atoms with Crippen LogP contribution in [-0.2, 0) is 9.47 Å². The van der Waals surface area contributed by atoms with Crippen molar-refractivity contribution >= 4 is 6.03 Å². The highest BCUT2D eigenvalue weighted by Gasteiger charge is 2.44. The molecule has 0 aromatic rings. The molecule has 30 heavy (non-hydrogen) atoms. The molecule has 0 spiro atoms. The van der Waals surface area contributed by atoms with Gasteiger partial charge in [-0.2, -0.15) is 0 Å². The topological polar surface area (TPSA) is 219 Å². The Bertz CT molecular complexity index is 513. The Hall–Kier alpha value is -1.09. The molecular formula is C18H39N5O7. The first-order valence-corrected chi connectivity index (χ1v) is 10.2. The number of rotatable bonds is 11. The van der Waals surface area contributed by atoms with E-state index in [0.717, 1.165) is 0 Å². The van der Waals surface area contributed by atoms with Gasteiger partial charge in [0.15, 0.2) is 6.29 Å². The Balaban J connectivity index is 2.71. The van der Waals surface area contributed by atoms with Crippen LogP contribution in [-0.4, -0.2) is 101 Å². The van der Waals surface area contributed by atoms with Crippen LogP contribution in [0, 0.1) is 5.92 Å². The molecule has 9 atom stereocenters. The lowest BCUT2D eigenvalue weighted by Crippen LogP contribution is -2.65. The smallest absolute Gasteiger partial charge is 0.315 e. The molecule has 0 aromatic carbocycles. The lowest BCUT2D eigenvalue weighted by molar-refractivity contribution is -0.242. The molecule has 1 fully saturated rings. The summed E-state index contributed by atoms with van der Waals surface area (Å²) < 4.78 is 11.2. The lowest BCUT2D eigenvalue weighted by Gasteiger charge is -2.42. The van der Waals surface area contributed by atoms with Crippen molar-refractivity contribution in [3.63, 3.8) is 0 Å². The van der Waals surface area contributed by atoms with E-state index in [2.05, 4.69) is 10.6 Å². The van der Waals surface area contributed by atoms with Crippen molar-refractivity contribution in [1.29, 1.82) is 0 Å². The number of urea groups is 1. The summed E-state index contributed by atoms with van der Waals surface area (Å²) in [4.78, 5) is 12.0. The largest absolute Gasteiger partial charge is 0.391 e. The molecule has 0 heterocycles. The van der Waals surface area contributed by atoms with E-state index in [1.54, 1.807) is 0 Å². The monoisotopic (exact) mass is 437 g/mol. The van der Waals surface area contributed by atoms with Gasteiger partial charge in [0.1, 0.15) is 30.5 Å². The highest BCUT2D eigenvalue weighted by molar-refractivity contribution is 5.74. The van der Waals surface area contributed by atoms with Gasteiger partial charge in [0, 0.05) is 25.7 Å². The van der Waals surface area contributed by atoms with Gasteiger partial charge in [0.05, 0.1) is 12.1 Å². The summed E-state index contributed by atoms with van der Waals surface area (Å²) in [5, 5.41) is 45.7. The maximum Gasteiger partial charge on any atom is 0.315 e. The first-order chi connectivity index (χ1) is 14.0. The number of amides is 2. The second-order valence-corrected chi connectivity index (χ2v) is 8.14. The number of hydrogen-bond donors (Lipinski definition) is 9. The fraction of sp³-hybridized carbons (Fsp3) is 0.944. The van der Waals surface area contributed by atoms with Gasteiger partial charge in [0.2, 0.25) is 0 Å². The zero-order valence-electron chi connectivity index (χ0n) is 17.8. The molecule has 0 aliphatic heterocycles. The first-order valence-electron chi connectivity index (χ1n) is 10.2. The highest BCUT2D eigenvalue weighted by atomic mass is 16.7. The SMILES string of the molecule is CC(C)CNC(=O)NC1CC(N)C(OC(CN)OC(CN)C(O)C(C)O)C(O)C1O. The molecule has 0 bridgehead atoms. The summed E-state index contributed by atoms with van der Waals surface area (Å²) in [5.41, 5.74) is 17.4. The van der Waals surface area contributed by atoms with E-state index >= 15 is 0 Å². The van der Waals surface area contributed by atoms with Crippen LogP contribution in [0.3, 0.4) is 0 Å². The van der Waals surface area contributed by atoms with Gasteiger partial charge in [0.25, 0.3) is 0 Å². The van der Waals surface area contributed by atoms with E-state index < -0.39 is 61.0 Å². The predicted molar refractivity (Wildman–Crippen MR) is 109 cm³/mol. The maximum atomic E-state index is 12.0. The van der Waals surface area contributed by atoms with Crippen LogP contribution in [0.2, 0.25) is 0 Å². The third-order valence-corrected chi connectivity index (χ3v) is 4.97. The Kier molecular flexibility index (Phi) is 11.4. The number of carbonyl (C=O) groups excluding carboxylic acids is 1. The van der Waals surface area contributed by atoms with E-state index in [-0.39, 0.29) is 25.4 Å². The molecule has 1 aliphatic rings. The molecule has 0 radical (unpaired) electrons. The summed E-state index contributed by atoms with van der Waals surface area (Å²) in [7, 11) is 0. The standard InChI is InChI=1S/C18H39N5O7/c1-8(2)7-22-18(28)23-11-4-10(21)17(16(27)15(11)26)30-13(6-20)29-12(5-19)14(25)9(3)24/h8-17,24-27H,4-7,19-21H2,1-3H3,(H2,22,23,28). The quantitative estimate of drug-likeness (QED) is 0.145. The van der Waals surface area contributed by atoms with Gasteiger partial charge in [-0.05, 0) is 19.3 Å². The van der Waals surface area contributed by atoms with Crippen LogP contribution in [0.25, 0.3) is 0 Å². The third-order valence-electron chi connectivity index (χ3n) is 4.97. The molecule has 12 N–H and O–H groups in total. The molecule has 1 saturated carbocycles. The van der Waals surface area contributed by atoms with Crippen LogP contribution in [0.5, 0.6) is 0 Å². The van der Waals surface area contributed by atoms with Gasteiger partial charge in [-0.1, -0.05) is 13.8 Å². The minimum absolute atomic E-state index is 0.106. The van der Waals surface area contributed by atoms with Crippen LogP contribution < -0.4 is 27.8 Å². The minimum atomic E-state index is -1.42. The molecule has 1 rings (SSSR count). The van der Waals surface area contributed by atoms with E-state index in [9.17, 15) is 25.2 Å². The second-order valence-electron chi connectivity index (χ2n) is 8.14. The molecule has 178 valence electrons. The molecule has 0 aromatic heterocycles. The predicted octanol–water partition coefficient (Wildman–Crippen LogP) is -3.48. The lowest BCUT2D eigenvalue weighted by atomic mass is 9.84. The van der Waals surface area contributed by atoms with Gasteiger partial charge in [-0.25, -0.2) is 4.79 Å². The van der Waals surface area contributed by atoms with Crippen LogP contribution in [0.1, 0.15) is 27.2 Å². The maximum absolute atomic E-state index is 12.0. The average Bonchev–Trinajstić information content (AvgIpc) is 2.69. The van der Waals surface area contributed by atoms with Gasteiger partial charge < -0.3 is 57.7 Å². The number of aliphatic hydroxyl groups excluding tert-OH is 4. The third kappa shape index (κ3) is 7.87. The van der Waals surface area contributed by atoms with Gasteiger partial charge >= 0.3 is 6.03 Å². The first kappa shape index (κ1) is 26.9. The van der Waals surface area contributed by atoms with E-state index in [1.165, 1.54) is 6.92 Å². The summed E-state index contributed by atoms with van der Waals surface area (Å²) in [6.45, 7) is 5.49. The molecule has 12 heteroatoms. The average molecular weight is 438 g/mol. The van der Waals surface area contributed by atoms with E-state index in [1.807, 2.05) is 13.8 Å². The summed E-state index contributed by atoms with van der Waals surface area (Å²) >= 11 is 0. The Morgan fingerprint density at radius 2 is 1.77 bits per heavy atom. The van der Waals surface area contributed by atoms with Crippen molar-refractivity contribution in [2.24, 2.45) is 23.1 Å². The van der Waals surface area contributed by atoms with E-state index in [4.69, 9.17) is 26.7 Å². The van der Waals surface area contributed by atoms with Crippen molar-refractivity contribution in [2.45, 2.75) is 82.2 Å². The van der Waals surface area contributed by atoms with Crippen molar-refractivity contribution in [2.75, 3.05) is 19.6 Å². The van der Waals surface area contributed by atoms with Crippen LogP contribution in [0.15, 0.2) is 0 Å². The zero-order valence-corrected chi connectivity index (χ0v) is 17.8. The Morgan fingerprint density at radius 1 is 1.13 bits per heavy atom. The van der Waals surface area contributed by atoms with E-state index in [0.29, 0.717) is 6.54 Å². The Morgan fingerprint density at radius 3 is 2.27 bits per heavy atom. The number of carbonyl (C=O) groups is 1. The highest BCUT2D eigenvalue weighted by Crippen LogP contribution is 2.24. The molecule has 9 unspecified atom stereocenters. The summed E-state index contributed by atoms with van der Waals surface area (Å²) in [6, 6.07) is -1.98. The fourth-order valence-corrected chi connectivity index (χ4v) is 3.19. The number of hydrogen-bond acceptors (Lipinski definition) is 10. The molecule has 2 amide bonds. The molecular weight excluding hydrogens is 398 g/mol. The number of nitrogens with one attached hydrogen (secondary N) is 2. The Labute approximate surface area is 177 Å². The van der Waals surface area contributed by atoms with Crippen molar-refractivity contribution in [3.05, 3.63) is 0 Å². The minimum Gasteiger partial charge on any atom is -0.391 e. The number of ether oxygens (including phenoxy) is 2.